The van der Waals surface area contributed by atoms with E-state index >= 15 is 0 Å². The quantitative estimate of drug-likeness (QED) is 0.537. The zero-order chi connectivity index (χ0) is 10.6. The molecule has 0 aliphatic rings. The van der Waals surface area contributed by atoms with Crippen molar-refractivity contribution < 1.29 is 2.86 Å². The molecule has 0 nitrogen and oxygen atoms in total. The SMILES string of the molecule is CC(C)(C)C#CI(F)c1ccccc1. The number of hydrogen-bond acceptors (Lipinski definition) is 0. The van der Waals surface area contributed by atoms with Crippen LogP contribution in [0.25, 0.3) is 0 Å². The van der Waals surface area contributed by atoms with Crippen LogP contribution in [0.4, 0.5) is 2.86 Å². The molecule has 0 saturated carbocycles. The summed E-state index contributed by atoms with van der Waals surface area (Å²) < 4.78 is 17.2. The number of halogens is 2. The van der Waals surface area contributed by atoms with Crippen LogP contribution in [0.3, 0.4) is 0 Å². The van der Waals surface area contributed by atoms with Gasteiger partial charge >= 0.3 is 93.2 Å². The maximum absolute atomic E-state index is 13.6. The van der Waals surface area contributed by atoms with E-state index in [2.05, 4.69) is 9.85 Å². The minimum atomic E-state index is -2.69. The van der Waals surface area contributed by atoms with Crippen molar-refractivity contribution in [2.45, 2.75) is 20.8 Å². The van der Waals surface area contributed by atoms with Gasteiger partial charge in [0.25, 0.3) is 0 Å². The fourth-order valence-electron chi connectivity index (χ4n) is 0.763. The Kier molecular flexibility index (Phi) is 3.94. The van der Waals surface area contributed by atoms with E-state index in [1.165, 1.54) is 0 Å². The van der Waals surface area contributed by atoms with Gasteiger partial charge < -0.3 is 0 Å². The van der Waals surface area contributed by atoms with E-state index in [9.17, 15) is 2.86 Å². The second-order valence-corrected chi connectivity index (χ2v) is 7.14. The Balaban J connectivity index is 2.76. The average molecular weight is 304 g/mol. The van der Waals surface area contributed by atoms with E-state index in [4.69, 9.17) is 0 Å². The van der Waals surface area contributed by atoms with Crippen LogP contribution in [0, 0.1) is 18.8 Å². The molecule has 0 spiro atoms. The molecule has 1 aromatic rings. The zero-order valence-corrected chi connectivity index (χ0v) is 10.8. The molecule has 76 valence electrons. The van der Waals surface area contributed by atoms with Crippen LogP contribution in [-0.2, 0) is 0 Å². The zero-order valence-electron chi connectivity index (χ0n) is 8.64. The van der Waals surface area contributed by atoms with Gasteiger partial charge in [0.1, 0.15) is 0 Å². The van der Waals surface area contributed by atoms with E-state index < -0.39 is 20.4 Å². The Morgan fingerprint density at radius 1 is 1.14 bits per heavy atom. The first kappa shape index (κ1) is 11.5. The molecule has 1 aromatic carbocycles. The van der Waals surface area contributed by atoms with Crippen LogP contribution in [0.1, 0.15) is 20.8 Å². The van der Waals surface area contributed by atoms with Gasteiger partial charge in [0.05, 0.1) is 0 Å². The Morgan fingerprint density at radius 2 is 1.71 bits per heavy atom. The fraction of sp³-hybridized carbons (Fsp3) is 0.333. The van der Waals surface area contributed by atoms with Crippen molar-refractivity contribution in [3.8, 4) is 9.85 Å². The molecule has 0 radical (unpaired) electrons. The Hall–Kier alpha value is -0.560. The van der Waals surface area contributed by atoms with Gasteiger partial charge in [-0.15, -0.1) is 0 Å². The molecule has 0 atom stereocenters. The summed E-state index contributed by atoms with van der Waals surface area (Å²) >= 11 is -2.69. The summed E-state index contributed by atoms with van der Waals surface area (Å²) in [4.78, 5) is 0. The summed E-state index contributed by atoms with van der Waals surface area (Å²) in [6.45, 7) is 5.99. The summed E-state index contributed by atoms with van der Waals surface area (Å²) in [6.07, 6.45) is 0. The molecule has 0 heterocycles. The predicted octanol–water partition coefficient (Wildman–Crippen LogP) is 4.25. The van der Waals surface area contributed by atoms with Crippen molar-refractivity contribution in [1.82, 2.24) is 0 Å². The van der Waals surface area contributed by atoms with Crippen molar-refractivity contribution in [3.05, 3.63) is 33.9 Å². The van der Waals surface area contributed by atoms with E-state index in [1.807, 2.05) is 51.1 Å². The van der Waals surface area contributed by atoms with Crippen molar-refractivity contribution >= 4 is 20.4 Å². The topological polar surface area (TPSA) is 0 Å². The van der Waals surface area contributed by atoms with Gasteiger partial charge in [-0.1, -0.05) is 0 Å². The van der Waals surface area contributed by atoms with Crippen molar-refractivity contribution in [2.75, 3.05) is 0 Å². The van der Waals surface area contributed by atoms with Gasteiger partial charge in [0, 0.05) is 0 Å². The van der Waals surface area contributed by atoms with Crippen LogP contribution in [0.15, 0.2) is 30.3 Å². The molecule has 0 bridgehead atoms. The third-order valence-corrected chi connectivity index (χ3v) is 3.99. The Bertz CT molecular complexity index is 340. The van der Waals surface area contributed by atoms with E-state index in [0.29, 0.717) is 0 Å². The summed E-state index contributed by atoms with van der Waals surface area (Å²) in [6, 6.07) is 9.26. The Labute approximate surface area is 93.1 Å². The van der Waals surface area contributed by atoms with Crippen LogP contribution < -0.4 is 0 Å². The Morgan fingerprint density at radius 3 is 2.21 bits per heavy atom. The van der Waals surface area contributed by atoms with Crippen molar-refractivity contribution in [1.29, 1.82) is 0 Å². The molecule has 0 aliphatic carbocycles. The summed E-state index contributed by atoms with van der Waals surface area (Å²) in [5.74, 6) is 2.96. The van der Waals surface area contributed by atoms with E-state index in [0.717, 1.165) is 3.57 Å². The standard InChI is InChI=1S/C12H14FI/c1-12(2,3)9-10-14(13)11-7-5-4-6-8-11/h4-8H,1-3H3. The first-order chi connectivity index (χ1) is 6.49. The fourth-order valence-corrected chi connectivity index (χ4v) is 3.17. The molecular weight excluding hydrogens is 290 g/mol. The van der Waals surface area contributed by atoms with Gasteiger partial charge in [-0.3, -0.25) is 0 Å². The molecule has 14 heavy (non-hydrogen) atoms. The first-order valence-electron chi connectivity index (χ1n) is 4.43. The summed E-state index contributed by atoms with van der Waals surface area (Å²) in [5, 5.41) is 0. The van der Waals surface area contributed by atoms with Crippen molar-refractivity contribution in [2.24, 2.45) is 5.41 Å². The number of benzene rings is 1. The van der Waals surface area contributed by atoms with E-state index in [1.54, 1.807) is 0 Å². The second-order valence-electron chi connectivity index (χ2n) is 4.00. The molecular formula is C12H14FI. The molecule has 0 fully saturated rings. The molecule has 0 unspecified atom stereocenters. The average Bonchev–Trinajstić information content (AvgIpc) is 2.14. The molecule has 0 saturated heterocycles. The van der Waals surface area contributed by atoms with Crippen LogP contribution in [-0.4, -0.2) is 0 Å². The number of hydrogen-bond donors (Lipinski definition) is 0. The summed E-state index contributed by atoms with van der Waals surface area (Å²) in [7, 11) is 0. The predicted molar refractivity (Wildman–Crippen MR) is 67.5 cm³/mol. The maximum atomic E-state index is 13.6. The summed E-state index contributed by atoms with van der Waals surface area (Å²) in [5.41, 5.74) is -0.101. The molecule has 0 amide bonds. The molecule has 2 heteroatoms. The molecule has 0 N–H and O–H groups in total. The van der Waals surface area contributed by atoms with Gasteiger partial charge in [-0.05, 0) is 0 Å². The minimum absolute atomic E-state index is 0.101. The van der Waals surface area contributed by atoms with Crippen LogP contribution in [0.2, 0.25) is 0 Å². The van der Waals surface area contributed by atoms with Gasteiger partial charge in [0.2, 0.25) is 0 Å². The molecule has 0 aliphatic heterocycles. The molecule has 1 rings (SSSR count). The molecule has 0 aromatic heterocycles. The van der Waals surface area contributed by atoms with Gasteiger partial charge in [-0.25, -0.2) is 0 Å². The first-order valence-corrected chi connectivity index (χ1v) is 7.40. The van der Waals surface area contributed by atoms with E-state index in [-0.39, 0.29) is 5.41 Å². The normalized spacial score (nSPS) is 11.6. The second kappa shape index (κ2) is 4.79. The third kappa shape index (κ3) is 4.10. The van der Waals surface area contributed by atoms with Gasteiger partial charge in [-0.2, -0.15) is 0 Å². The van der Waals surface area contributed by atoms with Crippen LogP contribution in [0.5, 0.6) is 0 Å². The third-order valence-electron chi connectivity index (χ3n) is 1.43. The van der Waals surface area contributed by atoms with Crippen LogP contribution >= 0.6 is 20.4 Å². The van der Waals surface area contributed by atoms with Gasteiger partial charge in [0.15, 0.2) is 0 Å². The number of rotatable bonds is 1. The monoisotopic (exact) mass is 304 g/mol. The van der Waals surface area contributed by atoms with Crippen molar-refractivity contribution in [3.63, 3.8) is 0 Å².